The van der Waals surface area contributed by atoms with Crippen molar-refractivity contribution in [3.05, 3.63) is 71.9 Å². The topological polar surface area (TPSA) is 72.5 Å². The van der Waals surface area contributed by atoms with E-state index in [9.17, 15) is 4.79 Å². The zero-order valence-corrected chi connectivity index (χ0v) is 15.4. The number of hydrogen-bond acceptors (Lipinski definition) is 5. The summed E-state index contributed by atoms with van der Waals surface area (Å²) in [5, 5.41) is 6.06. The van der Waals surface area contributed by atoms with Crippen LogP contribution in [0.15, 0.2) is 60.8 Å². The van der Waals surface area contributed by atoms with Gasteiger partial charge in [-0.05, 0) is 48.9 Å². The number of aryl methyl sites for hydroxylation is 1. The van der Waals surface area contributed by atoms with E-state index in [2.05, 4.69) is 15.6 Å². The minimum absolute atomic E-state index is 0.246. The maximum absolute atomic E-state index is 12.7. The minimum atomic E-state index is -0.246. The van der Waals surface area contributed by atoms with Gasteiger partial charge in [-0.1, -0.05) is 18.2 Å². The van der Waals surface area contributed by atoms with Crippen LogP contribution in [0.3, 0.4) is 0 Å². The smallest absolute Gasteiger partial charge is 0.255 e. The van der Waals surface area contributed by atoms with E-state index in [-0.39, 0.29) is 5.91 Å². The molecule has 0 spiro atoms. The van der Waals surface area contributed by atoms with Gasteiger partial charge in [-0.2, -0.15) is 0 Å². The molecule has 1 aromatic heterocycles. The Balaban J connectivity index is 1.81. The van der Waals surface area contributed by atoms with Gasteiger partial charge >= 0.3 is 0 Å². The second-order valence-electron chi connectivity index (χ2n) is 5.91. The van der Waals surface area contributed by atoms with E-state index in [1.165, 1.54) is 0 Å². The van der Waals surface area contributed by atoms with Crippen molar-refractivity contribution in [2.24, 2.45) is 0 Å². The lowest BCUT2D eigenvalue weighted by molar-refractivity contribution is 0.102. The number of pyridine rings is 1. The van der Waals surface area contributed by atoms with Crippen LogP contribution < -0.4 is 20.1 Å². The first kappa shape index (κ1) is 18.3. The highest BCUT2D eigenvalue weighted by atomic mass is 16.5. The molecule has 0 fully saturated rings. The number of aromatic nitrogens is 1. The van der Waals surface area contributed by atoms with E-state index in [0.29, 0.717) is 28.6 Å². The highest BCUT2D eigenvalue weighted by Crippen LogP contribution is 2.28. The molecule has 2 N–H and O–H groups in total. The Morgan fingerprint density at radius 1 is 0.926 bits per heavy atom. The number of carbonyl (C=O) groups is 1. The largest absolute Gasteiger partial charge is 0.495 e. The minimum Gasteiger partial charge on any atom is -0.495 e. The highest BCUT2D eigenvalue weighted by molar-refractivity contribution is 6.05. The van der Waals surface area contributed by atoms with Gasteiger partial charge in [0.2, 0.25) is 0 Å². The molecule has 0 unspecified atom stereocenters. The number of hydrogen-bond donors (Lipinski definition) is 2. The van der Waals surface area contributed by atoms with Crippen LogP contribution in [0.2, 0.25) is 0 Å². The van der Waals surface area contributed by atoms with Crippen molar-refractivity contribution in [1.29, 1.82) is 0 Å². The summed E-state index contributed by atoms with van der Waals surface area (Å²) in [7, 11) is 3.18. The Labute approximate surface area is 158 Å². The van der Waals surface area contributed by atoms with E-state index in [4.69, 9.17) is 9.47 Å². The number of nitrogens with zero attached hydrogens (tertiary/aromatic N) is 1. The number of benzene rings is 2. The fourth-order valence-corrected chi connectivity index (χ4v) is 2.64. The van der Waals surface area contributed by atoms with Crippen LogP contribution in [-0.4, -0.2) is 25.1 Å². The maximum atomic E-state index is 12.7. The molecule has 0 saturated heterocycles. The van der Waals surface area contributed by atoms with Crippen LogP contribution in [0.1, 0.15) is 15.9 Å². The summed E-state index contributed by atoms with van der Waals surface area (Å²) in [5.74, 6) is 1.60. The van der Waals surface area contributed by atoms with Gasteiger partial charge in [0.25, 0.3) is 5.91 Å². The Morgan fingerprint density at radius 2 is 1.67 bits per heavy atom. The highest BCUT2D eigenvalue weighted by Gasteiger charge is 2.12. The number of methoxy groups -OCH3 is 2. The molecular weight excluding hydrogens is 342 g/mol. The van der Waals surface area contributed by atoms with Crippen LogP contribution in [0.25, 0.3) is 0 Å². The first-order chi connectivity index (χ1) is 13.1. The van der Waals surface area contributed by atoms with Crippen molar-refractivity contribution in [2.75, 3.05) is 24.9 Å². The van der Waals surface area contributed by atoms with Crippen molar-refractivity contribution in [3.63, 3.8) is 0 Å². The monoisotopic (exact) mass is 363 g/mol. The number of nitrogens with one attached hydrogen (secondary N) is 2. The summed E-state index contributed by atoms with van der Waals surface area (Å²) in [6.45, 7) is 1.96. The summed E-state index contributed by atoms with van der Waals surface area (Å²) in [5.41, 5.74) is 2.90. The number of anilines is 3. The predicted molar refractivity (Wildman–Crippen MR) is 106 cm³/mol. The molecule has 6 nitrogen and oxygen atoms in total. The normalized spacial score (nSPS) is 10.2. The van der Waals surface area contributed by atoms with Crippen LogP contribution in [-0.2, 0) is 0 Å². The Kier molecular flexibility index (Phi) is 5.56. The third-order valence-corrected chi connectivity index (χ3v) is 4.00. The van der Waals surface area contributed by atoms with E-state index in [1.54, 1.807) is 32.5 Å². The van der Waals surface area contributed by atoms with E-state index >= 15 is 0 Å². The third-order valence-electron chi connectivity index (χ3n) is 4.00. The van der Waals surface area contributed by atoms with Crippen LogP contribution in [0.4, 0.5) is 17.2 Å². The van der Waals surface area contributed by atoms with Crippen molar-refractivity contribution in [3.8, 4) is 11.5 Å². The lowest BCUT2D eigenvalue weighted by Crippen LogP contribution is -2.13. The van der Waals surface area contributed by atoms with Gasteiger partial charge in [-0.15, -0.1) is 0 Å². The summed E-state index contributed by atoms with van der Waals surface area (Å²) >= 11 is 0. The molecule has 2 aromatic carbocycles. The summed E-state index contributed by atoms with van der Waals surface area (Å²) in [4.78, 5) is 17.0. The van der Waals surface area contributed by atoms with Crippen LogP contribution >= 0.6 is 0 Å². The summed E-state index contributed by atoms with van der Waals surface area (Å²) < 4.78 is 10.6. The fourth-order valence-electron chi connectivity index (χ4n) is 2.64. The van der Waals surface area contributed by atoms with Gasteiger partial charge in [0.15, 0.2) is 0 Å². The average Bonchev–Trinajstić information content (AvgIpc) is 2.69. The molecule has 6 heteroatoms. The lowest BCUT2D eigenvalue weighted by Gasteiger charge is -2.13. The molecule has 0 aliphatic heterocycles. The van der Waals surface area contributed by atoms with Gasteiger partial charge in [0, 0.05) is 11.8 Å². The summed E-state index contributed by atoms with van der Waals surface area (Å²) in [6, 6.07) is 16.5. The molecule has 0 aliphatic carbocycles. The standard InChI is InChI=1S/C21H21N3O3/c1-14-8-9-19(27-3)17(12-14)24-21(25)15-10-11-22-20(13-15)23-16-6-4-5-7-18(16)26-2/h4-13H,1-3H3,(H,22,23)(H,24,25). The quantitative estimate of drug-likeness (QED) is 0.679. The van der Waals surface area contributed by atoms with E-state index in [1.807, 2.05) is 49.4 Å². The van der Waals surface area contributed by atoms with Crippen molar-refractivity contribution >= 4 is 23.1 Å². The molecule has 3 rings (SSSR count). The van der Waals surface area contributed by atoms with E-state index in [0.717, 1.165) is 11.3 Å². The number of para-hydroxylation sites is 2. The molecule has 3 aromatic rings. The SMILES string of the molecule is COc1ccc(C)cc1NC(=O)c1ccnc(Nc2ccccc2OC)c1. The second-order valence-corrected chi connectivity index (χ2v) is 5.91. The third kappa shape index (κ3) is 4.36. The number of rotatable bonds is 6. The number of carbonyl (C=O) groups excluding carboxylic acids is 1. The van der Waals surface area contributed by atoms with Crippen molar-refractivity contribution in [2.45, 2.75) is 6.92 Å². The molecule has 0 saturated carbocycles. The van der Waals surface area contributed by atoms with Gasteiger partial charge in [-0.25, -0.2) is 4.98 Å². The Morgan fingerprint density at radius 3 is 2.44 bits per heavy atom. The van der Waals surface area contributed by atoms with Gasteiger partial charge in [0.05, 0.1) is 25.6 Å². The van der Waals surface area contributed by atoms with Crippen LogP contribution in [0.5, 0.6) is 11.5 Å². The number of amides is 1. The molecule has 0 radical (unpaired) electrons. The first-order valence-corrected chi connectivity index (χ1v) is 8.43. The molecule has 138 valence electrons. The van der Waals surface area contributed by atoms with Gasteiger partial charge < -0.3 is 20.1 Å². The number of ether oxygens (including phenoxy) is 2. The Bertz CT molecular complexity index is 957. The zero-order valence-electron chi connectivity index (χ0n) is 15.4. The zero-order chi connectivity index (χ0) is 19.2. The average molecular weight is 363 g/mol. The second kappa shape index (κ2) is 8.23. The molecule has 0 aliphatic rings. The molecule has 1 amide bonds. The molecule has 1 heterocycles. The summed E-state index contributed by atoms with van der Waals surface area (Å²) in [6.07, 6.45) is 1.58. The first-order valence-electron chi connectivity index (χ1n) is 8.43. The lowest BCUT2D eigenvalue weighted by atomic mass is 10.2. The van der Waals surface area contributed by atoms with Gasteiger partial charge in [0.1, 0.15) is 17.3 Å². The predicted octanol–water partition coefficient (Wildman–Crippen LogP) is 4.40. The van der Waals surface area contributed by atoms with Crippen LogP contribution in [0, 0.1) is 6.92 Å². The van der Waals surface area contributed by atoms with E-state index < -0.39 is 0 Å². The van der Waals surface area contributed by atoms with Gasteiger partial charge in [-0.3, -0.25) is 4.79 Å². The fraction of sp³-hybridized carbons (Fsp3) is 0.143. The van der Waals surface area contributed by atoms with Crippen molar-refractivity contribution < 1.29 is 14.3 Å². The molecular formula is C21H21N3O3. The maximum Gasteiger partial charge on any atom is 0.255 e. The van der Waals surface area contributed by atoms with Crippen molar-refractivity contribution in [1.82, 2.24) is 4.98 Å². The molecule has 27 heavy (non-hydrogen) atoms. The Hall–Kier alpha value is -3.54. The molecule has 0 bridgehead atoms. The molecule has 0 atom stereocenters.